The third-order valence-corrected chi connectivity index (χ3v) is 3.36. The number of carbonyl (C=O) groups is 1. The fourth-order valence-electron chi connectivity index (χ4n) is 2.18. The van der Waals surface area contributed by atoms with E-state index in [-0.39, 0.29) is 5.97 Å². The SMILES string of the molecule is CCOC(=O)c1ccc(-n2ccc3cc(Cl)cnc32)cc1. The van der Waals surface area contributed by atoms with Crippen LogP contribution in [0.3, 0.4) is 0 Å². The normalized spacial score (nSPS) is 10.8. The molecule has 0 aliphatic carbocycles. The maximum absolute atomic E-state index is 11.6. The maximum Gasteiger partial charge on any atom is 0.338 e. The van der Waals surface area contributed by atoms with Crippen molar-refractivity contribution in [2.75, 3.05) is 6.61 Å². The summed E-state index contributed by atoms with van der Waals surface area (Å²) in [5.74, 6) is -0.314. The Morgan fingerprint density at radius 1 is 1.29 bits per heavy atom. The molecule has 0 saturated carbocycles. The van der Waals surface area contributed by atoms with Gasteiger partial charge in [0.1, 0.15) is 5.65 Å². The highest BCUT2D eigenvalue weighted by Gasteiger charge is 2.08. The number of ether oxygens (including phenoxy) is 1. The number of halogens is 1. The van der Waals surface area contributed by atoms with Gasteiger partial charge in [0.25, 0.3) is 0 Å². The van der Waals surface area contributed by atoms with Gasteiger partial charge in [0.05, 0.1) is 17.2 Å². The molecule has 1 aromatic carbocycles. The van der Waals surface area contributed by atoms with E-state index in [1.54, 1.807) is 25.3 Å². The van der Waals surface area contributed by atoms with Gasteiger partial charge in [-0.2, -0.15) is 0 Å². The number of rotatable bonds is 3. The molecule has 0 radical (unpaired) electrons. The highest BCUT2D eigenvalue weighted by molar-refractivity contribution is 6.31. The van der Waals surface area contributed by atoms with Crippen LogP contribution in [0.1, 0.15) is 17.3 Å². The standard InChI is InChI=1S/C16H13ClN2O2/c1-2-21-16(20)11-3-5-14(6-4-11)19-8-7-12-9-13(17)10-18-15(12)19/h3-10H,2H2,1H3. The molecule has 2 heterocycles. The quantitative estimate of drug-likeness (QED) is 0.690. The fraction of sp³-hybridized carbons (Fsp3) is 0.125. The molecule has 0 aliphatic rings. The first-order valence-electron chi connectivity index (χ1n) is 6.59. The molecule has 106 valence electrons. The van der Waals surface area contributed by atoms with Gasteiger partial charge in [-0.15, -0.1) is 0 Å². The van der Waals surface area contributed by atoms with Gasteiger partial charge < -0.3 is 9.30 Å². The Kier molecular flexibility index (Phi) is 3.62. The molecular formula is C16H13ClN2O2. The van der Waals surface area contributed by atoms with E-state index in [1.165, 1.54) is 0 Å². The molecule has 4 nitrogen and oxygen atoms in total. The summed E-state index contributed by atoms with van der Waals surface area (Å²) in [4.78, 5) is 16.0. The number of nitrogens with zero attached hydrogens (tertiary/aromatic N) is 2. The zero-order chi connectivity index (χ0) is 14.8. The van der Waals surface area contributed by atoms with E-state index in [4.69, 9.17) is 16.3 Å². The molecule has 21 heavy (non-hydrogen) atoms. The average molecular weight is 301 g/mol. The number of fused-ring (bicyclic) bond motifs is 1. The van der Waals surface area contributed by atoms with E-state index >= 15 is 0 Å². The third-order valence-electron chi connectivity index (χ3n) is 3.15. The monoisotopic (exact) mass is 300 g/mol. The van der Waals surface area contributed by atoms with Gasteiger partial charge in [0.2, 0.25) is 0 Å². The van der Waals surface area contributed by atoms with Crippen LogP contribution in [0, 0.1) is 0 Å². The molecule has 0 unspecified atom stereocenters. The summed E-state index contributed by atoms with van der Waals surface area (Å²) in [6.07, 6.45) is 3.54. The number of esters is 1. The summed E-state index contributed by atoms with van der Waals surface area (Å²) in [6.45, 7) is 2.16. The lowest BCUT2D eigenvalue weighted by atomic mass is 10.2. The molecule has 5 heteroatoms. The first-order valence-corrected chi connectivity index (χ1v) is 6.97. The Morgan fingerprint density at radius 2 is 2.05 bits per heavy atom. The van der Waals surface area contributed by atoms with Crippen LogP contribution in [-0.4, -0.2) is 22.1 Å². The van der Waals surface area contributed by atoms with Gasteiger partial charge in [-0.05, 0) is 43.3 Å². The fourth-order valence-corrected chi connectivity index (χ4v) is 2.34. The Bertz CT molecular complexity index is 794. The van der Waals surface area contributed by atoms with E-state index in [1.807, 2.05) is 35.0 Å². The third kappa shape index (κ3) is 2.62. The van der Waals surface area contributed by atoms with E-state index < -0.39 is 0 Å². The summed E-state index contributed by atoms with van der Waals surface area (Å²) < 4.78 is 6.91. The highest BCUT2D eigenvalue weighted by atomic mass is 35.5. The number of pyridine rings is 1. The lowest BCUT2D eigenvalue weighted by molar-refractivity contribution is 0.0526. The Balaban J connectivity index is 1.97. The summed E-state index contributed by atoms with van der Waals surface area (Å²) in [7, 11) is 0. The van der Waals surface area contributed by atoms with Crippen LogP contribution >= 0.6 is 11.6 Å². The molecule has 0 N–H and O–H groups in total. The largest absolute Gasteiger partial charge is 0.462 e. The van der Waals surface area contributed by atoms with Crippen molar-refractivity contribution in [2.24, 2.45) is 0 Å². The second-order valence-electron chi connectivity index (χ2n) is 4.52. The number of aromatic nitrogens is 2. The van der Waals surface area contributed by atoms with Crippen LogP contribution in [0.4, 0.5) is 0 Å². The second-order valence-corrected chi connectivity index (χ2v) is 4.96. The van der Waals surface area contributed by atoms with Gasteiger partial charge in [0.15, 0.2) is 0 Å². The molecule has 0 aliphatic heterocycles. The van der Waals surface area contributed by atoms with Gasteiger partial charge in [-0.3, -0.25) is 0 Å². The van der Waals surface area contributed by atoms with Gasteiger partial charge in [-0.25, -0.2) is 9.78 Å². The van der Waals surface area contributed by atoms with Gasteiger partial charge in [-0.1, -0.05) is 11.6 Å². The molecular weight excluding hydrogens is 288 g/mol. The number of carbonyl (C=O) groups excluding carboxylic acids is 1. The van der Waals surface area contributed by atoms with Crippen LogP contribution in [0.2, 0.25) is 5.02 Å². The summed E-state index contributed by atoms with van der Waals surface area (Å²) in [6, 6.07) is 11.0. The summed E-state index contributed by atoms with van der Waals surface area (Å²) in [5, 5.41) is 1.58. The van der Waals surface area contributed by atoms with Crippen LogP contribution in [-0.2, 0) is 4.74 Å². The highest BCUT2D eigenvalue weighted by Crippen LogP contribution is 2.21. The smallest absolute Gasteiger partial charge is 0.338 e. The van der Waals surface area contributed by atoms with Crippen molar-refractivity contribution in [3.05, 3.63) is 59.4 Å². The second kappa shape index (κ2) is 5.58. The first-order chi connectivity index (χ1) is 10.2. The van der Waals surface area contributed by atoms with Crippen molar-refractivity contribution in [2.45, 2.75) is 6.92 Å². The lowest BCUT2D eigenvalue weighted by Gasteiger charge is -2.06. The molecule has 0 spiro atoms. The molecule has 0 amide bonds. The Hall–Kier alpha value is -2.33. The summed E-state index contributed by atoms with van der Waals surface area (Å²) >= 11 is 5.94. The van der Waals surface area contributed by atoms with Crippen molar-refractivity contribution in [1.82, 2.24) is 9.55 Å². The molecule has 3 rings (SSSR count). The lowest BCUT2D eigenvalue weighted by Crippen LogP contribution is -2.04. The molecule has 0 fully saturated rings. The predicted molar refractivity (Wildman–Crippen MR) is 82.0 cm³/mol. The minimum Gasteiger partial charge on any atom is -0.462 e. The van der Waals surface area contributed by atoms with E-state index in [2.05, 4.69) is 4.98 Å². The molecule has 3 aromatic rings. The number of hydrogen-bond acceptors (Lipinski definition) is 3. The van der Waals surface area contributed by atoms with Crippen molar-refractivity contribution >= 4 is 28.6 Å². The molecule has 0 atom stereocenters. The number of benzene rings is 1. The summed E-state index contributed by atoms with van der Waals surface area (Å²) in [5.41, 5.74) is 2.28. The number of hydrogen-bond donors (Lipinski definition) is 0. The van der Waals surface area contributed by atoms with E-state index in [9.17, 15) is 4.79 Å². The van der Waals surface area contributed by atoms with Crippen molar-refractivity contribution in [3.8, 4) is 5.69 Å². The van der Waals surface area contributed by atoms with Crippen molar-refractivity contribution in [1.29, 1.82) is 0 Å². The van der Waals surface area contributed by atoms with Gasteiger partial charge >= 0.3 is 5.97 Å². The van der Waals surface area contributed by atoms with E-state index in [0.29, 0.717) is 17.2 Å². The zero-order valence-electron chi connectivity index (χ0n) is 11.4. The van der Waals surface area contributed by atoms with Crippen LogP contribution in [0.25, 0.3) is 16.7 Å². The molecule has 2 aromatic heterocycles. The van der Waals surface area contributed by atoms with Crippen molar-refractivity contribution < 1.29 is 9.53 Å². The van der Waals surface area contributed by atoms with Crippen LogP contribution in [0.15, 0.2) is 48.8 Å². The predicted octanol–water partition coefficient (Wildman–Crippen LogP) is 3.86. The topological polar surface area (TPSA) is 44.1 Å². The van der Waals surface area contributed by atoms with Crippen molar-refractivity contribution in [3.63, 3.8) is 0 Å². The molecule has 0 saturated heterocycles. The van der Waals surface area contributed by atoms with E-state index in [0.717, 1.165) is 16.7 Å². The minimum absolute atomic E-state index is 0.314. The first kappa shape index (κ1) is 13.6. The van der Waals surface area contributed by atoms with Crippen LogP contribution in [0.5, 0.6) is 0 Å². The van der Waals surface area contributed by atoms with Crippen LogP contribution < -0.4 is 0 Å². The Morgan fingerprint density at radius 3 is 2.76 bits per heavy atom. The molecule has 0 bridgehead atoms. The Labute approximate surface area is 126 Å². The van der Waals surface area contributed by atoms with Gasteiger partial charge in [0, 0.05) is 23.5 Å². The maximum atomic E-state index is 11.6. The minimum atomic E-state index is -0.314. The zero-order valence-corrected chi connectivity index (χ0v) is 12.2. The average Bonchev–Trinajstić information content (AvgIpc) is 2.90.